The maximum Gasteiger partial charge on any atom is 0.166 e. The monoisotopic (exact) mass is 223 g/mol. The first-order valence-corrected chi connectivity index (χ1v) is 4.89. The molecule has 16 heavy (non-hydrogen) atoms. The molecule has 0 aliphatic rings. The Labute approximate surface area is 94.4 Å². The van der Waals surface area contributed by atoms with Crippen molar-refractivity contribution in [3.8, 4) is 17.6 Å². The minimum absolute atomic E-state index is 0.222. The van der Waals surface area contributed by atoms with Gasteiger partial charge in [0, 0.05) is 5.56 Å². The van der Waals surface area contributed by atoms with Crippen LogP contribution in [0.25, 0.3) is 0 Å². The van der Waals surface area contributed by atoms with E-state index in [9.17, 15) is 4.39 Å². The van der Waals surface area contributed by atoms with Gasteiger partial charge in [0.2, 0.25) is 0 Å². The molecule has 86 valence electrons. The lowest BCUT2D eigenvalue weighted by Crippen LogP contribution is -1.99. The third-order valence-electron chi connectivity index (χ3n) is 2.28. The molecule has 0 aliphatic carbocycles. The van der Waals surface area contributed by atoms with Gasteiger partial charge in [-0.2, -0.15) is 5.26 Å². The summed E-state index contributed by atoms with van der Waals surface area (Å²) in [6.07, 6.45) is -0.942. The Kier molecular flexibility index (Phi) is 4.12. The Morgan fingerprint density at radius 1 is 1.38 bits per heavy atom. The van der Waals surface area contributed by atoms with E-state index >= 15 is 0 Å². The fraction of sp³-hybridized carbons (Fsp3) is 0.417. The second kappa shape index (κ2) is 5.36. The third-order valence-corrected chi connectivity index (χ3v) is 2.28. The molecule has 0 aliphatic heterocycles. The first-order valence-electron chi connectivity index (χ1n) is 4.89. The lowest BCUT2D eigenvalue weighted by molar-refractivity contribution is 0.323. The van der Waals surface area contributed by atoms with Crippen LogP contribution in [-0.2, 0) is 6.42 Å². The topological polar surface area (TPSA) is 42.2 Å². The van der Waals surface area contributed by atoms with Crippen molar-refractivity contribution in [2.75, 3.05) is 14.2 Å². The van der Waals surface area contributed by atoms with E-state index in [2.05, 4.69) is 0 Å². The molecule has 0 fully saturated rings. The number of halogens is 1. The molecular formula is C12H14FNO2. The van der Waals surface area contributed by atoms with Crippen LogP contribution in [0.1, 0.15) is 24.2 Å². The predicted molar refractivity (Wildman–Crippen MR) is 58.4 cm³/mol. The highest BCUT2D eigenvalue weighted by molar-refractivity contribution is 5.50. The zero-order valence-corrected chi connectivity index (χ0v) is 9.58. The SMILES string of the molecule is COc1cc(CC#N)cc(C(C)F)c1OC. The van der Waals surface area contributed by atoms with Crippen molar-refractivity contribution in [1.29, 1.82) is 5.26 Å². The molecule has 0 spiro atoms. The number of methoxy groups -OCH3 is 2. The highest BCUT2D eigenvalue weighted by atomic mass is 19.1. The number of ether oxygens (including phenoxy) is 2. The van der Waals surface area contributed by atoms with Gasteiger partial charge in [-0.3, -0.25) is 0 Å². The number of nitriles is 1. The second-order valence-electron chi connectivity index (χ2n) is 3.37. The molecule has 0 amide bonds. The summed E-state index contributed by atoms with van der Waals surface area (Å²) in [5.74, 6) is 0.842. The summed E-state index contributed by atoms with van der Waals surface area (Å²) in [5.41, 5.74) is 1.13. The number of rotatable bonds is 4. The fourth-order valence-corrected chi connectivity index (χ4v) is 1.54. The summed E-state index contributed by atoms with van der Waals surface area (Å²) in [6, 6.07) is 5.34. The van der Waals surface area contributed by atoms with Crippen LogP contribution in [0.3, 0.4) is 0 Å². The number of hydrogen-bond donors (Lipinski definition) is 0. The van der Waals surface area contributed by atoms with Crippen LogP contribution in [-0.4, -0.2) is 14.2 Å². The summed E-state index contributed by atoms with van der Waals surface area (Å²) < 4.78 is 23.6. The molecule has 0 bridgehead atoms. The summed E-state index contributed by atoms with van der Waals surface area (Å²) in [5, 5.41) is 8.62. The Morgan fingerprint density at radius 2 is 2.06 bits per heavy atom. The van der Waals surface area contributed by atoms with Crippen molar-refractivity contribution in [2.24, 2.45) is 0 Å². The highest BCUT2D eigenvalue weighted by Crippen LogP contribution is 2.37. The molecule has 1 aromatic carbocycles. The number of benzene rings is 1. The summed E-state index contributed by atoms with van der Waals surface area (Å²) in [7, 11) is 2.95. The van der Waals surface area contributed by atoms with Gasteiger partial charge in [-0.05, 0) is 24.6 Å². The maximum atomic E-state index is 13.4. The molecule has 4 heteroatoms. The van der Waals surface area contributed by atoms with Gasteiger partial charge >= 0.3 is 0 Å². The quantitative estimate of drug-likeness (QED) is 0.788. The molecule has 1 aromatic rings. The molecular weight excluding hydrogens is 209 g/mol. The number of hydrogen-bond acceptors (Lipinski definition) is 3. The molecule has 0 radical (unpaired) electrons. The molecule has 1 unspecified atom stereocenters. The fourth-order valence-electron chi connectivity index (χ4n) is 1.54. The van der Waals surface area contributed by atoms with Gasteiger partial charge in [-0.1, -0.05) is 0 Å². The highest BCUT2D eigenvalue weighted by Gasteiger charge is 2.16. The van der Waals surface area contributed by atoms with Crippen LogP contribution in [0, 0.1) is 11.3 Å². The molecule has 0 aromatic heterocycles. The van der Waals surface area contributed by atoms with Crippen LogP contribution < -0.4 is 9.47 Å². The van der Waals surface area contributed by atoms with Crippen molar-refractivity contribution in [1.82, 2.24) is 0 Å². The molecule has 3 nitrogen and oxygen atoms in total. The van der Waals surface area contributed by atoms with E-state index in [1.165, 1.54) is 21.1 Å². The van der Waals surface area contributed by atoms with Crippen LogP contribution in [0.15, 0.2) is 12.1 Å². The van der Waals surface area contributed by atoms with E-state index in [0.717, 1.165) is 5.56 Å². The van der Waals surface area contributed by atoms with Crippen LogP contribution in [0.5, 0.6) is 11.5 Å². The van der Waals surface area contributed by atoms with Crippen molar-refractivity contribution in [3.63, 3.8) is 0 Å². The first kappa shape index (κ1) is 12.3. The van der Waals surface area contributed by atoms with E-state index in [0.29, 0.717) is 17.1 Å². The van der Waals surface area contributed by atoms with E-state index in [1.54, 1.807) is 12.1 Å². The lowest BCUT2D eigenvalue weighted by Gasteiger charge is -2.15. The van der Waals surface area contributed by atoms with Crippen LogP contribution in [0.2, 0.25) is 0 Å². The third kappa shape index (κ3) is 2.43. The van der Waals surface area contributed by atoms with E-state index in [4.69, 9.17) is 14.7 Å². The molecule has 0 N–H and O–H groups in total. The molecule has 1 rings (SSSR count). The van der Waals surface area contributed by atoms with Gasteiger partial charge in [0.25, 0.3) is 0 Å². The van der Waals surface area contributed by atoms with E-state index in [1.807, 2.05) is 6.07 Å². The Morgan fingerprint density at radius 3 is 2.50 bits per heavy atom. The largest absolute Gasteiger partial charge is 0.493 e. The average Bonchev–Trinajstić information content (AvgIpc) is 2.28. The predicted octanol–water partition coefficient (Wildman–Crippen LogP) is 2.80. The Hall–Kier alpha value is -1.76. The van der Waals surface area contributed by atoms with E-state index in [-0.39, 0.29) is 6.42 Å². The maximum absolute atomic E-state index is 13.4. The molecule has 0 saturated heterocycles. The smallest absolute Gasteiger partial charge is 0.166 e. The number of alkyl halides is 1. The molecule has 0 heterocycles. The standard InChI is InChI=1S/C12H14FNO2/c1-8(13)10-6-9(4-5-14)7-11(15-2)12(10)16-3/h6-8H,4H2,1-3H3. The summed E-state index contributed by atoms with van der Waals surface area (Å²) in [4.78, 5) is 0. The van der Waals surface area contributed by atoms with Crippen molar-refractivity contribution >= 4 is 0 Å². The zero-order valence-electron chi connectivity index (χ0n) is 9.58. The Bertz CT molecular complexity index is 410. The van der Waals surface area contributed by atoms with Gasteiger partial charge in [0.05, 0.1) is 26.7 Å². The minimum Gasteiger partial charge on any atom is -0.493 e. The van der Waals surface area contributed by atoms with E-state index < -0.39 is 6.17 Å². The van der Waals surface area contributed by atoms with Crippen LogP contribution in [0.4, 0.5) is 4.39 Å². The van der Waals surface area contributed by atoms with Gasteiger partial charge in [-0.25, -0.2) is 4.39 Å². The normalized spacial score (nSPS) is 11.7. The van der Waals surface area contributed by atoms with Gasteiger partial charge < -0.3 is 9.47 Å². The van der Waals surface area contributed by atoms with Gasteiger partial charge in [0.15, 0.2) is 11.5 Å². The van der Waals surface area contributed by atoms with Crippen LogP contribution >= 0.6 is 0 Å². The van der Waals surface area contributed by atoms with Gasteiger partial charge in [-0.15, -0.1) is 0 Å². The van der Waals surface area contributed by atoms with Crippen molar-refractivity contribution in [2.45, 2.75) is 19.5 Å². The zero-order chi connectivity index (χ0) is 12.1. The molecule has 0 saturated carbocycles. The lowest BCUT2D eigenvalue weighted by atomic mass is 10.0. The summed E-state index contributed by atoms with van der Waals surface area (Å²) >= 11 is 0. The minimum atomic E-state index is -1.16. The summed E-state index contributed by atoms with van der Waals surface area (Å²) in [6.45, 7) is 1.42. The first-order chi connectivity index (χ1) is 7.63. The Balaban J connectivity index is 3.32. The van der Waals surface area contributed by atoms with Crippen molar-refractivity contribution in [3.05, 3.63) is 23.3 Å². The van der Waals surface area contributed by atoms with Crippen molar-refractivity contribution < 1.29 is 13.9 Å². The molecule has 1 atom stereocenters. The second-order valence-corrected chi connectivity index (χ2v) is 3.37. The number of nitrogens with zero attached hydrogens (tertiary/aromatic N) is 1. The van der Waals surface area contributed by atoms with Gasteiger partial charge in [0.1, 0.15) is 6.17 Å². The average molecular weight is 223 g/mol.